The maximum Gasteiger partial charge on any atom is 0.0798 e. The molecule has 3 rings (SSSR count). The van der Waals surface area contributed by atoms with Gasteiger partial charge in [-0.05, 0) is 17.9 Å². The van der Waals surface area contributed by atoms with E-state index in [1.165, 1.54) is 16.1 Å². The van der Waals surface area contributed by atoms with Gasteiger partial charge >= 0.3 is 0 Å². The second-order valence-electron chi connectivity index (χ2n) is 6.48. The Balaban J connectivity index is 1.77. The van der Waals surface area contributed by atoms with Crippen LogP contribution in [0.15, 0.2) is 35.8 Å². The molecule has 1 saturated heterocycles. The van der Waals surface area contributed by atoms with E-state index >= 15 is 0 Å². The maximum atomic E-state index is 4.50. The molecule has 0 N–H and O–H groups in total. The number of likely N-dealkylation sites (tertiary alicyclic amines) is 1. The first kappa shape index (κ1) is 13.8. The van der Waals surface area contributed by atoms with Crippen LogP contribution < -0.4 is 0 Å². The molecule has 1 fully saturated rings. The lowest BCUT2D eigenvalue weighted by Crippen LogP contribution is -2.23. The molecule has 0 aliphatic carbocycles. The SMILES string of the molecule is Cc1scnc1CN1C[C@@H](c2ccccc2)C(C)(C)C1. The molecular formula is C17H22N2S. The number of benzene rings is 1. The predicted molar refractivity (Wildman–Crippen MR) is 85.1 cm³/mol. The van der Waals surface area contributed by atoms with E-state index in [9.17, 15) is 0 Å². The van der Waals surface area contributed by atoms with E-state index in [-0.39, 0.29) is 0 Å². The van der Waals surface area contributed by atoms with Gasteiger partial charge in [-0.25, -0.2) is 4.98 Å². The molecule has 106 valence electrons. The Morgan fingerprint density at radius 3 is 2.70 bits per heavy atom. The van der Waals surface area contributed by atoms with Crippen LogP contribution in [0.5, 0.6) is 0 Å². The largest absolute Gasteiger partial charge is 0.296 e. The van der Waals surface area contributed by atoms with Gasteiger partial charge in [0.1, 0.15) is 0 Å². The number of aryl methyl sites for hydroxylation is 1. The molecule has 0 spiro atoms. The summed E-state index contributed by atoms with van der Waals surface area (Å²) in [6, 6.07) is 10.9. The van der Waals surface area contributed by atoms with Gasteiger partial charge in [0, 0.05) is 30.4 Å². The number of hydrogen-bond donors (Lipinski definition) is 0. The lowest BCUT2D eigenvalue weighted by Gasteiger charge is -2.26. The van der Waals surface area contributed by atoms with Crippen LogP contribution in [0.2, 0.25) is 0 Å². The molecule has 1 aromatic carbocycles. The number of nitrogens with zero attached hydrogens (tertiary/aromatic N) is 2. The van der Waals surface area contributed by atoms with Crippen molar-refractivity contribution in [3.05, 3.63) is 52.0 Å². The van der Waals surface area contributed by atoms with Crippen molar-refractivity contribution in [2.45, 2.75) is 33.2 Å². The summed E-state index contributed by atoms with van der Waals surface area (Å²) >= 11 is 1.75. The summed E-state index contributed by atoms with van der Waals surface area (Å²) < 4.78 is 0. The quantitative estimate of drug-likeness (QED) is 0.845. The predicted octanol–water partition coefficient (Wildman–Crippen LogP) is 4.08. The molecule has 20 heavy (non-hydrogen) atoms. The molecule has 2 heterocycles. The topological polar surface area (TPSA) is 16.1 Å². The molecule has 0 amide bonds. The van der Waals surface area contributed by atoms with Crippen molar-refractivity contribution in [2.75, 3.05) is 13.1 Å². The zero-order valence-electron chi connectivity index (χ0n) is 12.5. The van der Waals surface area contributed by atoms with E-state index in [2.05, 4.69) is 61.0 Å². The van der Waals surface area contributed by atoms with E-state index in [0.29, 0.717) is 11.3 Å². The van der Waals surface area contributed by atoms with Crippen LogP contribution in [0.3, 0.4) is 0 Å². The number of rotatable bonds is 3. The second-order valence-corrected chi connectivity index (χ2v) is 7.54. The van der Waals surface area contributed by atoms with E-state index in [1.54, 1.807) is 11.3 Å². The molecule has 0 radical (unpaired) electrons. The van der Waals surface area contributed by atoms with E-state index in [0.717, 1.165) is 19.6 Å². The lowest BCUT2D eigenvalue weighted by molar-refractivity contribution is 0.279. The van der Waals surface area contributed by atoms with Gasteiger partial charge in [0.2, 0.25) is 0 Å². The van der Waals surface area contributed by atoms with Gasteiger partial charge in [-0.3, -0.25) is 4.90 Å². The molecule has 2 nitrogen and oxygen atoms in total. The van der Waals surface area contributed by atoms with E-state index in [4.69, 9.17) is 0 Å². The fourth-order valence-electron chi connectivity index (χ4n) is 3.31. The summed E-state index contributed by atoms with van der Waals surface area (Å²) in [5.74, 6) is 0.614. The molecule has 1 aliphatic rings. The molecule has 0 bridgehead atoms. The minimum absolute atomic E-state index is 0.325. The Morgan fingerprint density at radius 1 is 1.30 bits per heavy atom. The highest BCUT2D eigenvalue weighted by molar-refractivity contribution is 7.09. The molecule has 1 atom stereocenters. The van der Waals surface area contributed by atoms with Gasteiger partial charge in [0.25, 0.3) is 0 Å². The van der Waals surface area contributed by atoms with Crippen molar-refractivity contribution in [3.8, 4) is 0 Å². The molecule has 0 unspecified atom stereocenters. The van der Waals surface area contributed by atoms with Gasteiger partial charge in [0.15, 0.2) is 0 Å². The molecular weight excluding hydrogens is 264 g/mol. The van der Waals surface area contributed by atoms with Gasteiger partial charge < -0.3 is 0 Å². The van der Waals surface area contributed by atoms with Crippen molar-refractivity contribution < 1.29 is 0 Å². The smallest absolute Gasteiger partial charge is 0.0798 e. The number of hydrogen-bond acceptors (Lipinski definition) is 3. The highest BCUT2D eigenvalue weighted by atomic mass is 32.1. The monoisotopic (exact) mass is 286 g/mol. The van der Waals surface area contributed by atoms with Crippen LogP contribution in [0.4, 0.5) is 0 Å². The fraction of sp³-hybridized carbons (Fsp3) is 0.471. The molecule has 0 saturated carbocycles. The van der Waals surface area contributed by atoms with Crippen LogP contribution >= 0.6 is 11.3 Å². The average Bonchev–Trinajstić information content (AvgIpc) is 2.94. The summed E-state index contributed by atoms with van der Waals surface area (Å²) in [5, 5.41) is 0. The molecule has 2 aromatic rings. The van der Waals surface area contributed by atoms with Crippen molar-refractivity contribution >= 4 is 11.3 Å². The zero-order chi connectivity index (χ0) is 14.2. The first-order chi connectivity index (χ1) is 9.56. The summed E-state index contributed by atoms with van der Waals surface area (Å²) in [6.07, 6.45) is 0. The Morgan fingerprint density at radius 2 is 2.05 bits per heavy atom. The van der Waals surface area contributed by atoms with Gasteiger partial charge in [-0.15, -0.1) is 11.3 Å². The first-order valence-electron chi connectivity index (χ1n) is 7.22. The van der Waals surface area contributed by atoms with Crippen molar-refractivity contribution in [3.63, 3.8) is 0 Å². The standard InChI is InChI=1S/C17H22N2S/c1-13-16(18-12-20-13)10-19-9-15(17(2,3)11-19)14-7-5-4-6-8-14/h4-8,12,15H,9-11H2,1-3H3/t15-/m0/s1. The molecule has 3 heteroatoms. The third-order valence-electron chi connectivity index (χ3n) is 4.43. The van der Waals surface area contributed by atoms with E-state index < -0.39 is 0 Å². The summed E-state index contributed by atoms with van der Waals surface area (Å²) in [7, 11) is 0. The minimum Gasteiger partial charge on any atom is -0.296 e. The van der Waals surface area contributed by atoms with Crippen LogP contribution in [0.1, 0.15) is 35.9 Å². The Bertz CT molecular complexity index is 574. The van der Waals surface area contributed by atoms with Gasteiger partial charge in [-0.1, -0.05) is 44.2 Å². The Kier molecular flexibility index (Phi) is 3.65. The second kappa shape index (κ2) is 5.30. The third-order valence-corrected chi connectivity index (χ3v) is 5.23. The maximum absolute atomic E-state index is 4.50. The molecule has 1 aromatic heterocycles. The van der Waals surface area contributed by atoms with Crippen LogP contribution in [0, 0.1) is 12.3 Å². The Hall–Kier alpha value is -1.19. The van der Waals surface area contributed by atoms with Gasteiger partial charge in [0.05, 0.1) is 11.2 Å². The highest BCUT2D eigenvalue weighted by Crippen LogP contribution is 2.42. The summed E-state index contributed by atoms with van der Waals surface area (Å²) in [6.45, 7) is 10.2. The van der Waals surface area contributed by atoms with Crippen molar-refractivity contribution in [1.29, 1.82) is 0 Å². The van der Waals surface area contributed by atoms with Crippen LogP contribution in [0.25, 0.3) is 0 Å². The summed E-state index contributed by atoms with van der Waals surface area (Å²) in [4.78, 5) is 8.41. The Labute approximate surface area is 125 Å². The zero-order valence-corrected chi connectivity index (χ0v) is 13.3. The summed E-state index contributed by atoms with van der Waals surface area (Å²) in [5.41, 5.74) is 5.00. The normalized spacial score (nSPS) is 22.2. The fourth-order valence-corrected chi connectivity index (χ4v) is 3.90. The lowest BCUT2D eigenvalue weighted by atomic mass is 9.78. The minimum atomic E-state index is 0.325. The first-order valence-corrected chi connectivity index (χ1v) is 8.10. The average molecular weight is 286 g/mol. The van der Waals surface area contributed by atoms with Crippen LogP contribution in [-0.2, 0) is 6.54 Å². The van der Waals surface area contributed by atoms with Crippen molar-refractivity contribution in [1.82, 2.24) is 9.88 Å². The van der Waals surface area contributed by atoms with E-state index in [1.807, 2.05) is 5.51 Å². The molecule has 1 aliphatic heterocycles. The van der Waals surface area contributed by atoms with Crippen LogP contribution in [-0.4, -0.2) is 23.0 Å². The van der Waals surface area contributed by atoms with Crippen molar-refractivity contribution in [2.24, 2.45) is 5.41 Å². The number of thiazole rings is 1. The van der Waals surface area contributed by atoms with Gasteiger partial charge in [-0.2, -0.15) is 0 Å². The number of aromatic nitrogens is 1. The third kappa shape index (κ3) is 2.65. The highest BCUT2D eigenvalue weighted by Gasteiger charge is 2.40.